The SMILES string of the molecule is Cc1cc2c(cc1N1c3cc(N(c4ccc(C(C)(C)C)cc4)c4ccc(C(C)(C)C)cc4)ccc3B3c4cc5c(cc4N(c4ccc(C(C)(C)C)cc4-c4ccccc4)c4cc(C(C)(C)C)cc1c43)C(C)(C)c1ccccc1C5(C)C)C(C)(C)CC2(C)C. The molecule has 0 spiro atoms. The molecule has 0 atom stereocenters. The van der Waals surface area contributed by atoms with E-state index in [0.717, 1.165) is 23.5 Å². The topological polar surface area (TPSA) is 9.72 Å². The largest absolute Gasteiger partial charge is 0.311 e. The summed E-state index contributed by atoms with van der Waals surface area (Å²) >= 11 is 0. The highest BCUT2D eigenvalue weighted by molar-refractivity contribution is 7.00. The number of benzene rings is 9. The van der Waals surface area contributed by atoms with Gasteiger partial charge in [0.05, 0.1) is 5.69 Å². The van der Waals surface area contributed by atoms with Gasteiger partial charge in [-0.25, -0.2) is 0 Å². The molecule has 0 aromatic heterocycles. The lowest BCUT2D eigenvalue weighted by molar-refractivity contribution is 0.403. The second-order valence-electron chi connectivity index (χ2n) is 33.2. The van der Waals surface area contributed by atoms with Crippen molar-refractivity contribution in [2.24, 2.45) is 0 Å². The Morgan fingerprint density at radius 2 is 0.795 bits per heavy atom. The third-order valence-electron chi connectivity index (χ3n) is 21.0. The van der Waals surface area contributed by atoms with Crippen molar-refractivity contribution < 1.29 is 0 Å². The molecule has 9 aromatic carbocycles. The van der Waals surface area contributed by atoms with Crippen LogP contribution >= 0.6 is 0 Å². The summed E-state index contributed by atoms with van der Waals surface area (Å²) in [6.45, 7) is 50.1. The molecule has 0 unspecified atom stereocenters. The predicted octanol–water partition coefficient (Wildman–Crippen LogP) is 21.3. The molecule has 0 saturated carbocycles. The van der Waals surface area contributed by atoms with Crippen LogP contribution in [0.25, 0.3) is 11.1 Å². The van der Waals surface area contributed by atoms with Crippen LogP contribution in [-0.4, -0.2) is 6.71 Å². The number of hydrogen-bond acceptors (Lipinski definition) is 3. The van der Waals surface area contributed by atoms with E-state index in [-0.39, 0.29) is 50.0 Å². The molecule has 13 rings (SSSR count). The minimum atomic E-state index is -0.275. The van der Waals surface area contributed by atoms with E-state index in [2.05, 4.69) is 336 Å². The first-order valence-electron chi connectivity index (χ1n) is 32.7. The minimum Gasteiger partial charge on any atom is -0.311 e. The number of anilines is 9. The van der Waals surface area contributed by atoms with E-state index in [1.165, 1.54) is 123 Å². The molecule has 2 aliphatic carbocycles. The van der Waals surface area contributed by atoms with E-state index in [9.17, 15) is 0 Å². The van der Waals surface area contributed by atoms with Gasteiger partial charge in [0.15, 0.2) is 0 Å². The van der Waals surface area contributed by atoms with E-state index in [1.807, 2.05) is 0 Å². The average Bonchev–Trinajstić information content (AvgIpc) is 0.785. The molecule has 2 heterocycles. The second-order valence-corrected chi connectivity index (χ2v) is 33.2. The van der Waals surface area contributed by atoms with Crippen molar-refractivity contribution in [1.82, 2.24) is 0 Å². The van der Waals surface area contributed by atoms with Gasteiger partial charge in [0, 0.05) is 61.9 Å². The maximum absolute atomic E-state index is 2.73. The Morgan fingerprint density at radius 3 is 1.32 bits per heavy atom. The van der Waals surface area contributed by atoms with Crippen LogP contribution < -0.4 is 31.1 Å². The predicted molar refractivity (Wildman–Crippen MR) is 381 cm³/mol. The van der Waals surface area contributed by atoms with E-state index in [0.29, 0.717) is 0 Å². The number of fused-ring (bicyclic) bond motifs is 7. The standard InChI is InChI=1S/C84H94BN3/c1-52-43-64-65(82(16,17)51-81(64,14)15)49-71(52)88-72-47-60(86(58-36-31-54(32-37-58)77(2,3)4)59-38-33-55(34-39-59)78(5,6)7)40-41-68(72)85-69-48-66-67(84(20,21)63-30-26-25-29-62(63)83(66,18)19)50-73(69)87(74-45-57(80(11,12)13)46-75(88)76(74)85)70-42-35-56(79(8,9)10)44-61(70)53-27-23-22-24-28-53/h22-50H,51H2,1-21H3. The lowest BCUT2D eigenvalue weighted by Gasteiger charge is -2.49. The first kappa shape index (κ1) is 59.4. The van der Waals surface area contributed by atoms with Gasteiger partial charge in [-0.3, -0.25) is 0 Å². The quantitative estimate of drug-likeness (QED) is 0.154. The molecule has 4 heteroatoms. The molecule has 88 heavy (non-hydrogen) atoms. The summed E-state index contributed by atoms with van der Waals surface area (Å²) in [5.74, 6) is 0. The average molecular weight is 1160 g/mol. The highest BCUT2D eigenvalue weighted by Crippen LogP contribution is 2.57. The molecule has 0 fully saturated rings. The molecular formula is C84H94BN3. The Kier molecular flexibility index (Phi) is 13.3. The highest BCUT2D eigenvalue weighted by Gasteiger charge is 2.50. The van der Waals surface area contributed by atoms with E-state index in [1.54, 1.807) is 0 Å². The van der Waals surface area contributed by atoms with Gasteiger partial charge in [-0.15, -0.1) is 0 Å². The fraction of sp³-hybridized carbons (Fsp3) is 0.357. The summed E-state index contributed by atoms with van der Waals surface area (Å²) in [6.07, 6.45) is 1.10. The summed E-state index contributed by atoms with van der Waals surface area (Å²) in [7, 11) is 0. The number of hydrogen-bond donors (Lipinski definition) is 0. The first-order chi connectivity index (χ1) is 41.1. The zero-order valence-electron chi connectivity index (χ0n) is 56.9. The van der Waals surface area contributed by atoms with E-state index >= 15 is 0 Å². The van der Waals surface area contributed by atoms with Crippen LogP contribution in [-0.2, 0) is 43.3 Å². The molecule has 9 aromatic rings. The van der Waals surface area contributed by atoms with Crippen molar-refractivity contribution in [2.75, 3.05) is 14.7 Å². The Morgan fingerprint density at radius 1 is 0.352 bits per heavy atom. The Labute approximate surface area is 529 Å². The Balaban J connectivity index is 1.18. The van der Waals surface area contributed by atoms with Gasteiger partial charge in [-0.05, 0) is 202 Å². The lowest BCUT2D eigenvalue weighted by Crippen LogP contribution is -2.62. The van der Waals surface area contributed by atoms with Crippen LogP contribution in [0, 0.1) is 6.92 Å². The summed E-state index contributed by atoms with van der Waals surface area (Å²) in [5.41, 5.74) is 31.5. The van der Waals surface area contributed by atoms with Gasteiger partial charge in [0.1, 0.15) is 0 Å². The van der Waals surface area contributed by atoms with Crippen LogP contribution in [0.1, 0.15) is 206 Å². The van der Waals surface area contributed by atoms with E-state index in [4.69, 9.17) is 0 Å². The van der Waals surface area contributed by atoms with Gasteiger partial charge in [-0.2, -0.15) is 0 Å². The normalized spacial score (nSPS) is 16.7. The monoisotopic (exact) mass is 1160 g/mol. The van der Waals surface area contributed by atoms with Crippen molar-refractivity contribution in [1.29, 1.82) is 0 Å². The molecule has 4 aliphatic rings. The molecule has 2 aliphatic heterocycles. The van der Waals surface area contributed by atoms with Gasteiger partial charge in [0.25, 0.3) is 6.71 Å². The van der Waals surface area contributed by atoms with Crippen LogP contribution in [0.15, 0.2) is 176 Å². The van der Waals surface area contributed by atoms with Crippen molar-refractivity contribution in [3.05, 3.63) is 237 Å². The molecule has 0 N–H and O–H groups in total. The lowest BCUT2D eigenvalue weighted by atomic mass is 9.33. The fourth-order valence-electron chi connectivity index (χ4n) is 16.1. The van der Waals surface area contributed by atoms with Crippen LogP contribution in [0.5, 0.6) is 0 Å². The van der Waals surface area contributed by atoms with Gasteiger partial charge >= 0.3 is 0 Å². The van der Waals surface area contributed by atoms with Crippen LogP contribution in [0.4, 0.5) is 51.2 Å². The summed E-state index contributed by atoms with van der Waals surface area (Å²) in [5, 5.41) is 0. The number of nitrogens with zero attached hydrogens (tertiary/aromatic N) is 3. The van der Waals surface area contributed by atoms with Crippen molar-refractivity contribution in [3.63, 3.8) is 0 Å². The van der Waals surface area contributed by atoms with Crippen molar-refractivity contribution in [3.8, 4) is 11.1 Å². The number of aryl methyl sites for hydroxylation is 1. The molecule has 0 amide bonds. The summed E-state index contributed by atoms with van der Waals surface area (Å²) < 4.78 is 0. The Bertz CT molecular complexity index is 4220. The number of rotatable bonds is 6. The summed E-state index contributed by atoms with van der Waals surface area (Å²) in [4.78, 5) is 7.96. The molecule has 0 radical (unpaired) electrons. The summed E-state index contributed by atoms with van der Waals surface area (Å²) in [6, 6.07) is 69.8. The first-order valence-corrected chi connectivity index (χ1v) is 32.7. The smallest absolute Gasteiger partial charge is 0.252 e. The van der Waals surface area contributed by atoms with Crippen molar-refractivity contribution in [2.45, 2.75) is 195 Å². The zero-order valence-corrected chi connectivity index (χ0v) is 56.9. The van der Waals surface area contributed by atoms with Crippen LogP contribution in [0.2, 0.25) is 0 Å². The van der Waals surface area contributed by atoms with Gasteiger partial charge in [-0.1, -0.05) is 242 Å². The fourth-order valence-corrected chi connectivity index (χ4v) is 16.1. The molecule has 0 bridgehead atoms. The Hall–Kier alpha value is -7.56. The molecular weight excluding hydrogens is 1060 g/mol. The third-order valence-corrected chi connectivity index (χ3v) is 21.0. The maximum Gasteiger partial charge on any atom is 0.252 e. The van der Waals surface area contributed by atoms with E-state index < -0.39 is 0 Å². The zero-order chi connectivity index (χ0) is 63.0. The van der Waals surface area contributed by atoms with Gasteiger partial charge < -0.3 is 14.7 Å². The highest BCUT2D eigenvalue weighted by atomic mass is 15.2. The van der Waals surface area contributed by atoms with Crippen LogP contribution in [0.3, 0.4) is 0 Å². The molecule has 3 nitrogen and oxygen atoms in total. The third kappa shape index (κ3) is 9.42. The maximum atomic E-state index is 2.73. The molecule has 448 valence electrons. The molecule has 0 saturated heterocycles. The van der Waals surface area contributed by atoms with Crippen molar-refractivity contribution >= 4 is 74.3 Å². The second kappa shape index (κ2) is 19.7. The minimum absolute atomic E-state index is 0.0121. The van der Waals surface area contributed by atoms with Gasteiger partial charge in [0.2, 0.25) is 0 Å².